The van der Waals surface area contributed by atoms with Crippen molar-refractivity contribution in [2.24, 2.45) is 5.73 Å². The number of rotatable bonds is 4. The second-order valence-corrected chi connectivity index (χ2v) is 4.22. The second-order valence-electron chi connectivity index (χ2n) is 4.22. The maximum absolute atomic E-state index is 13.1. The minimum Gasteiger partial charge on any atom is -0.390 e. The third-order valence-electron chi connectivity index (χ3n) is 2.63. The molecule has 90 valence electrons. The van der Waals surface area contributed by atoms with Crippen LogP contribution in [0.1, 0.15) is 36.9 Å². The lowest BCUT2D eigenvalue weighted by Gasteiger charge is -2.22. The first-order chi connectivity index (χ1) is 7.38. The first kappa shape index (κ1) is 13.1. The van der Waals surface area contributed by atoms with Crippen LogP contribution in [0.15, 0.2) is 24.3 Å². The smallest absolute Gasteiger partial charge is 0.289 e. The maximum atomic E-state index is 13.1. The Labute approximate surface area is 94.1 Å². The van der Waals surface area contributed by atoms with Crippen molar-refractivity contribution in [1.29, 1.82) is 0 Å². The van der Waals surface area contributed by atoms with Crippen LogP contribution in [-0.2, 0) is 0 Å². The number of hydrogen-bond acceptors (Lipinski definition) is 2. The molecule has 0 aliphatic rings. The SMILES string of the molecule is CC(C)c1ccc([C@@H](N)C(F)(F)CO)cc1. The highest BCUT2D eigenvalue weighted by atomic mass is 19.3. The van der Waals surface area contributed by atoms with E-state index in [4.69, 9.17) is 10.8 Å². The molecule has 0 aliphatic carbocycles. The zero-order chi connectivity index (χ0) is 12.3. The van der Waals surface area contributed by atoms with Gasteiger partial charge in [-0.1, -0.05) is 38.1 Å². The minimum atomic E-state index is -3.28. The molecule has 1 atom stereocenters. The molecule has 0 unspecified atom stereocenters. The Morgan fingerprint density at radius 1 is 1.19 bits per heavy atom. The highest BCUT2D eigenvalue weighted by Gasteiger charge is 2.37. The van der Waals surface area contributed by atoms with Crippen molar-refractivity contribution < 1.29 is 13.9 Å². The summed E-state index contributed by atoms with van der Waals surface area (Å²) in [6.45, 7) is 2.81. The Hall–Kier alpha value is -1.00. The van der Waals surface area contributed by atoms with Gasteiger partial charge in [-0.15, -0.1) is 0 Å². The third kappa shape index (κ3) is 2.77. The predicted octanol–water partition coefficient (Wildman–Crippen LogP) is 2.44. The van der Waals surface area contributed by atoms with Gasteiger partial charge in [-0.05, 0) is 17.0 Å². The van der Waals surface area contributed by atoms with E-state index in [0.717, 1.165) is 5.56 Å². The van der Waals surface area contributed by atoms with Crippen LogP contribution in [0, 0.1) is 0 Å². The molecule has 0 saturated carbocycles. The van der Waals surface area contributed by atoms with E-state index in [2.05, 4.69) is 0 Å². The third-order valence-corrected chi connectivity index (χ3v) is 2.63. The molecule has 4 heteroatoms. The lowest BCUT2D eigenvalue weighted by molar-refractivity contribution is -0.0711. The van der Waals surface area contributed by atoms with Crippen molar-refractivity contribution in [3.8, 4) is 0 Å². The molecule has 3 N–H and O–H groups in total. The van der Waals surface area contributed by atoms with Crippen molar-refractivity contribution >= 4 is 0 Å². The topological polar surface area (TPSA) is 46.2 Å². The fraction of sp³-hybridized carbons (Fsp3) is 0.500. The van der Waals surface area contributed by atoms with Gasteiger partial charge in [0.1, 0.15) is 6.61 Å². The largest absolute Gasteiger partial charge is 0.390 e. The molecule has 2 nitrogen and oxygen atoms in total. The Bertz CT molecular complexity index is 335. The summed E-state index contributed by atoms with van der Waals surface area (Å²) in [5.41, 5.74) is 6.81. The van der Waals surface area contributed by atoms with E-state index in [1.54, 1.807) is 24.3 Å². The summed E-state index contributed by atoms with van der Waals surface area (Å²) in [5.74, 6) is -2.93. The van der Waals surface area contributed by atoms with Gasteiger partial charge < -0.3 is 10.8 Å². The Morgan fingerprint density at radius 2 is 1.62 bits per heavy atom. The number of benzene rings is 1. The molecular formula is C12H17F2NO. The van der Waals surface area contributed by atoms with Crippen LogP contribution < -0.4 is 5.73 Å². The molecular weight excluding hydrogens is 212 g/mol. The average Bonchev–Trinajstić information content (AvgIpc) is 2.28. The van der Waals surface area contributed by atoms with Crippen LogP contribution in [0.25, 0.3) is 0 Å². The van der Waals surface area contributed by atoms with Gasteiger partial charge in [-0.2, -0.15) is 0 Å². The summed E-state index contributed by atoms with van der Waals surface area (Å²) < 4.78 is 26.2. The number of halogens is 2. The van der Waals surface area contributed by atoms with Crippen LogP contribution in [0.3, 0.4) is 0 Å². The maximum Gasteiger partial charge on any atom is 0.289 e. The summed E-state index contributed by atoms with van der Waals surface area (Å²) in [5, 5.41) is 8.54. The normalized spacial score (nSPS) is 14.2. The van der Waals surface area contributed by atoms with Crippen LogP contribution in [0.2, 0.25) is 0 Å². The van der Waals surface area contributed by atoms with Gasteiger partial charge in [0, 0.05) is 0 Å². The first-order valence-corrected chi connectivity index (χ1v) is 5.22. The minimum absolute atomic E-state index is 0.337. The number of aliphatic hydroxyl groups is 1. The molecule has 1 aromatic rings. The van der Waals surface area contributed by atoms with Gasteiger partial charge in [0.05, 0.1) is 6.04 Å². The quantitative estimate of drug-likeness (QED) is 0.833. The predicted molar refractivity (Wildman–Crippen MR) is 59.5 cm³/mol. The molecule has 16 heavy (non-hydrogen) atoms. The molecule has 0 saturated heterocycles. The van der Waals surface area contributed by atoms with Gasteiger partial charge in [0.2, 0.25) is 0 Å². The number of aliphatic hydroxyl groups excluding tert-OH is 1. The fourth-order valence-corrected chi connectivity index (χ4v) is 1.43. The monoisotopic (exact) mass is 229 g/mol. The molecule has 0 radical (unpaired) electrons. The summed E-state index contributed by atoms with van der Waals surface area (Å²) in [6, 6.07) is 5.28. The Kier molecular flexibility index (Phi) is 3.99. The molecule has 0 heterocycles. The summed E-state index contributed by atoms with van der Waals surface area (Å²) in [4.78, 5) is 0. The van der Waals surface area contributed by atoms with Crippen molar-refractivity contribution in [1.82, 2.24) is 0 Å². The highest BCUT2D eigenvalue weighted by Crippen LogP contribution is 2.29. The molecule has 1 aromatic carbocycles. The van der Waals surface area contributed by atoms with Gasteiger partial charge in [-0.3, -0.25) is 0 Å². The van der Waals surface area contributed by atoms with Gasteiger partial charge in [0.15, 0.2) is 0 Å². The molecule has 0 aliphatic heterocycles. The van der Waals surface area contributed by atoms with Crippen molar-refractivity contribution in [2.45, 2.75) is 31.7 Å². The van der Waals surface area contributed by atoms with E-state index in [-0.39, 0.29) is 0 Å². The summed E-state index contributed by atoms with van der Waals surface area (Å²) in [7, 11) is 0. The van der Waals surface area contributed by atoms with Crippen molar-refractivity contribution in [2.75, 3.05) is 6.61 Å². The highest BCUT2D eigenvalue weighted by molar-refractivity contribution is 5.27. The number of nitrogens with two attached hydrogens (primary N) is 1. The van der Waals surface area contributed by atoms with Gasteiger partial charge >= 0.3 is 0 Å². The van der Waals surface area contributed by atoms with Crippen molar-refractivity contribution in [3.05, 3.63) is 35.4 Å². The zero-order valence-electron chi connectivity index (χ0n) is 9.45. The van der Waals surface area contributed by atoms with E-state index in [9.17, 15) is 8.78 Å². The zero-order valence-corrected chi connectivity index (χ0v) is 9.45. The Balaban J connectivity index is 2.90. The van der Waals surface area contributed by atoms with E-state index in [1.165, 1.54) is 0 Å². The van der Waals surface area contributed by atoms with E-state index in [1.807, 2.05) is 13.8 Å². The Morgan fingerprint density at radius 3 is 2.00 bits per heavy atom. The van der Waals surface area contributed by atoms with E-state index in [0.29, 0.717) is 11.5 Å². The van der Waals surface area contributed by atoms with E-state index < -0.39 is 18.6 Å². The first-order valence-electron chi connectivity index (χ1n) is 5.22. The molecule has 0 amide bonds. The lowest BCUT2D eigenvalue weighted by atomic mass is 9.97. The van der Waals surface area contributed by atoms with Crippen LogP contribution >= 0.6 is 0 Å². The van der Waals surface area contributed by atoms with Crippen LogP contribution in [0.5, 0.6) is 0 Å². The molecule has 1 rings (SSSR count). The fourth-order valence-electron chi connectivity index (χ4n) is 1.43. The standard InChI is InChI=1S/C12H17F2NO/c1-8(2)9-3-5-10(6-4-9)11(15)12(13,14)7-16/h3-6,8,11,16H,7,15H2,1-2H3/t11-/m1/s1. The summed E-state index contributed by atoms with van der Waals surface area (Å²) >= 11 is 0. The number of hydrogen-bond donors (Lipinski definition) is 2. The van der Waals surface area contributed by atoms with Gasteiger partial charge in [-0.25, -0.2) is 8.78 Å². The van der Waals surface area contributed by atoms with Crippen LogP contribution in [0.4, 0.5) is 8.78 Å². The summed E-state index contributed by atoms with van der Waals surface area (Å²) in [6.07, 6.45) is 0. The lowest BCUT2D eigenvalue weighted by Crippen LogP contribution is -2.36. The van der Waals surface area contributed by atoms with Crippen LogP contribution in [-0.4, -0.2) is 17.6 Å². The molecule has 0 bridgehead atoms. The number of alkyl halides is 2. The van der Waals surface area contributed by atoms with Gasteiger partial charge in [0.25, 0.3) is 5.92 Å². The van der Waals surface area contributed by atoms with Crippen molar-refractivity contribution in [3.63, 3.8) is 0 Å². The molecule has 0 fully saturated rings. The molecule has 0 spiro atoms. The molecule has 0 aromatic heterocycles. The van der Waals surface area contributed by atoms with E-state index >= 15 is 0 Å². The average molecular weight is 229 g/mol. The second kappa shape index (κ2) is 4.89.